The average Bonchev–Trinajstić information content (AvgIpc) is 2.86. The van der Waals surface area contributed by atoms with Gasteiger partial charge in [0.2, 0.25) is 0 Å². The Morgan fingerprint density at radius 3 is 2.79 bits per heavy atom. The molecule has 0 aliphatic heterocycles. The van der Waals surface area contributed by atoms with Gasteiger partial charge in [-0.2, -0.15) is 0 Å². The summed E-state index contributed by atoms with van der Waals surface area (Å²) in [4.78, 5) is 8.83. The molecule has 3 rings (SSSR count). The molecule has 0 bridgehead atoms. The van der Waals surface area contributed by atoms with Crippen LogP contribution in [0.15, 0.2) is 48.9 Å². The van der Waals surface area contributed by atoms with Crippen molar-refractivity contribution in [2.45, 2.75) is 6.04 Å². The Kier molecular flexibility index (Phi) is 3.01. The summed E-state index contributed by atoms with van der Waals surface area (Å²) in [7, 11) is 3.95. The maximum Gasteiger partial charge on any atom is 0.130 e. The van der Waals surface area contributed by atoms with Crippen LogP contribution in [0.4, 0.5) is 0 Å². The van der Waals surface area contributed by atoms with E-state index in [0.29, 0.717) is 0 Å². The summed E-state index contributed by atoms with van der Waals surface area (Å²) < 4.78 is 2.03. The minimum absolute atomic E-state index is 0.0754. The van der Waals surface area contributed by atoms with Crippen molar-refractivity contribution >= 4 is 10.9 Å². The quantitative estimate of drug-likeness (QED) is 0.777. The molecule has 0 radical (unpaired) electrons. The van der Waals surface area contributed by atoms with E-state index in [0.717, 1.165) is 16.7 Å². The molecule has 1 atom stereocenters. The molecule has 0 saturated carbocycles. The molecule has 1 aromatic carbocycles. The monoisotopic (exact) mass is 252 g/mol. The lowest BCUT2D eigenvalue weighted by Crippen LogP contribution is -2.21. The molecule has 1 unspecified atom stereocenters. The van der Waals surface area contributed by atoms with Crippen molar-refractivity contribution in [2.75, 3.05) is 7.05 Å². The van der Waals surface area contributed by atoms with Crippen LogP contribution in [0.2, 0.25) is 0 Å². The minimum Gasteiger partial charge on any atom is -0.336 e. The van der Waals surface area contributed by atoms with Crippen molar-refractivity contribution in [3.8, 4) is 0 Å². The number of hydrogen-bond acceptors (Lipinski definition) is 3. The fourth-order valence-electron chi connectivity index (χ4n) is 2.36. The van der Waals surface area contributed by atoms with Crippen LogP contribution in [-0.4, -0.2) is 21.6 Å². The molecule has 0 saturated heterocycles. The molecule has 2 aromatic heterocycles. The van der Waals surface area contributed by atoms with Gasteiger partial charge in [0.25, 0.3) is 0 Å². The largest absolute Gasteiger partial charge is 0.336 e. The third kappa shape index (κ3) is 2.11. The molecule has 96 valence electrons. The Labute approximate surface area is 112 Å². The lowest BCUT2D eigenvalue weighted by atomic mass is 10.0. The molecule has 0 amide bonds. The van der Waals surface area contributed by atoms with Crippen molar-refractivity contribution in [1.82, 2.24) is 19.9 Å². The first-order valence-corrected chi connectivity index (χ1v) is 6.29. The first-order valence-electron chi connectivity index (χ1n) is 6.29. The van der Waals surface area contributed by atoms with Gasteiger partial charge < -0.3 is 9.88 Å². The highest BCUT2D eigenvalue weighted by atomic mass is 15.1. The Morgan fingerprint density at radius 2 is 2.05 bits per heavy atom. The third-order valence-corrected chi connectivity index (χ3v) is 3.37. The zero-order valence-electron chi connectivity index (χ0n) is 11.0. The minimum atomic E-state index is 0.0754. The number of aryl methyl sites for hydroxylation is 1. The van der Waals surface area contributed by atoms with Gasteiger partial charge in [0.1, 0.15) is 5.82 Å². The molecule has 2 heterocycles. The number of aromatic nitrogens is 3. The molecule has 0 spiro atoms. The number of imidazole rings is 1. The fraction of sp³-hybridized carbons (Fsp3) is 0.200. The van der Waals surface area contributed by atoms with Crippen LogP contribution in [0, 0.1) is 0 Å². The van der Waals surface area contributed by atoms with Gasteiger partial charge in [0.05, 0.1) is 11.6 Å². The van der Waals surface area contributed by atoms with E-state index in [-0.39, 0.29) is 6.04 Å². The summed E-state index contributed by atoms with van der Waals surface area (Å²) in [5.41, 5.74) is 2.18. The van der Waals surface area contributed by atoms with Gasteiger partial charge >= 0.3 is 0 Å². The normalized spacial score (nSPS) is 12.7. The topological polar surface area (TPSA) is 42.7 Å². The van der Waals surface area contributed by atoms with E-state index in [1.807, 2.05) is 43.3 Å². The van der Waals surface area contributed by atoms with E-state index in [1.165, 1.54) is 5.56 Å². The Bertz CT molecular complexity index is 702. The highest BCUT2D eigenvalue weighted by Gasteiger charge is 2.16. The van der Waals surface area contributed by atoms with Gasteiger partial charge in [-0.1, -0.05) is 18.2 Å². The number of pyridine rings is 1. The Balaban J connectivity index is 2.09. The molecular formula is C15H16N4. The van der Waals surface area contributed by atoms with Gasteiger partial charge in [-0.25, -0.2) is 4.98 Å². The highest BCUT2D eigenvalue weighted by molar-refractivity contribution is 5.79. The number of rotatable bonds is 3. The van der Waals surface area contributed by atoms with Gasteiger partial charge in [-0.15, -0.1) is 0 Å². The zero-order chi connectivity index (χ0) is 13.2. The van der Waals surface area contributed by atoms with Gasteiger partial charge in [0.15, 0.2) is 0 Å². The zero-order valence-corrected chi connectivity index (χ0v) is 11.0. The fourth-order valence-corrected chi connectivity index (χ4v) is 2.36. The molecule has 0 aliphatic rings. The van der Waals surface area contributed by atoms with Gasteiger partial charge in [-0.05, 0) is 24.7 Å². The predicted molar refractivity (Wildman–Crippen MR) is 75.9 cm³/mol. The summed E-state index contributed by atoms with van der Waals surface area (Å²) in [6.45, 7) is 0. The molecule has 4 heteroatoms. The first-order chi connectivity index (χ1) is 9.29. The third-order valence-electron chi connectivity index (χ3n) is 3.37. The van der Waals surface area contributed by atoms with Crippen molar-refractivity contribution in [3.05, 3.63) is 60.3 Å². The van der Waals surface area contributed by atoms with Crippen LogP contribution in [-0.2, 0) is 7.05 Å². The summed E-state index contributed by atoms with van der Waals surface area (Å²) >= 11 is 0. The lowest BCUT2D eigenvalue weighted by Gasteiger charge is -2.16. The Morgan fingerprint density at radius 1 is 1.16 bits per heavy atom. The molecule has 4 nitrogen and oxygen atoms in total. The average molecular weight is 252 g/mol. The number of fused-ring (bicyclic) bond motifs is 1. The number of hydrogen-bond donors (Lipinski definition) is 1. The highest BCUT2D eigenvalue weighted by Crippen LogP contribution is 2.23. The number of benzene rings is 1. The maximum absolute atomic E-state index is 4.42. The standard InChI is InChI=1S/C15H16N4/c1-16-14(15-18-8-9-19(15)2)12-6-5-11-4-3-7-17-13(11)10-12/h3-10,14,16H,1-2H3. The first kappa shape index (κ1) is 11.9. The van der Waals surface area contributed by atoms with E-state index < -0.39 is 0 Å². The van der Waals surface area contributed by atoms with Gasteiger partial charge in [0, 0.05) is 31.0 Å². The molecule has 0 fully saturated rings. The van der Waals surface area contributed by atoms with E-state index in [4.69, 9.17) is 0 Å². The summed E-state index contributed by atoms with van der Waals surface area (Å²) in [6.07, 6.45) is 5.60. The second kappa shape index (κ2) is 4.82. The molecule has 19 heavy (non-hydrogen) atoms. The van der Waals surface area contributed by atoms with Crippen molar-refractivity contribution in [1.29, 1.82) is 0 Å². The van der Waals surface area contributed by atoms with E-state index >= 15 is 0 Å². The molecular weight excluding hydrogens is 236 g/mol. The molecule has 0 aliphatic carbocycles. The van der Waals surface area contributed by atoms with Crippen molar-refractivity contribution < 1.29 is 0 Å². The van der Waals surface area contributed by atoms with E-state index in [1.54, 1.807) is 0 Å². The number of nitrogens with zero attached hydrogens (tertiary/aromatic N) is 3. The van der Waals surface area contributed by atoms with Crippen molar-refractivity contribution in [3.63, 3.8) is 0 Å². The second-order valence-electron chi connectivity index (χ2n) is 4.57. The van der Waals surface area contributed by atoms with Crippen LogP contribution in [0.1, 0.15) is 17.4 Å². The van der Waals surface area contributed by atoms with E-state index in [9.17, 15) is 0 Å². The smallest absolute Gasteiger partial charge is 0.130 e. The maximum atomic E-state index is 4.42. The van der Waals surface area contributed by atoms with Crippen molar-refractivity contribution in [2.24, 2.45) is 7.05 Å². The SMILES string of the molecule is CNC(c1ccc2cccnc2c1)c1nccn1C. The van der Waals surface area contributed by atoms with Crippen LogP contribution >= 0.6 is 0 Å². The van der Waals surface area contributed by atoms with E-state index in [2.05, 4.69) is 39.6 Å². The summed E-state index contributed by atoms with van der Waals surface area (Å²) in [5, 5.41) is 4.47. The van der Waals surface area contributed by atoms with Gasteiger partial charge in [-0.3, -0.25) is 4.98 Å². The molecule has 1 N–H and O–H groups in total. The molecule has 3 aromatic rings. The van der Waals surface area contributed by atoms with Crippen LogP contribution < -0.4 is 5.32 Å². The van der Waals surface area contributed by atoms with Crippen LogP contribution in [0.5, 0.6) is 0 Å². The lowest BCUT2D eigenvalue weighted by molar-refractivity contribution is 0.618. The number of nitrogens with one attached hydrogen (secondary N) is 1. The summed E-state index contributed by atoms with van der Waals surface area (Å²) in [6, 6.07) is 10.4. The Hall–Kier alpha value is -2.20. The van der Waals surface area contributed by atoms with Crippen LogP contribution in [0.25, 0.3) is 10.9 Å². The summed E-state index contributed by atoms with van der Waals surface area (Å²) in [5.74, 6) is 0.998. The second-order valence-corrected chi connectivity index (χ2v) is 4.57. The predicted octanol–water partition coefficient (Wildman–Crippen LogP) is 2.28. The van der Waals surface area contributed by atoms with Crippen LogP contribution in [0.3, 0.4) is 0 Å².